The van der Waals surface area contributed by atoms with Crippen LogP contribution in [0.5, 0.6) is 0 Å². The summed E-state index contributed by atoms with van der Waals surface area (Å²) in [4.78, 5) is 41.0. The van der Waals surface area contributed by atoms with Gasteiger partial charge in [-0.25, -0.2) is 9.18 Å². The molecular formula is C26H33ClFN3O5S. The number of nitrogens with zero attached hydrogens (tertiary/aromatic N) is 1. The van der Waals surface area contributed by atoms with E-state index in [0.717, 1.165) is 0 Å². The van der Waals surface area contributed by atoms with Crippen LogP contribution in [0.2, 0.25) is 0 Å². The molecule has 1 heterocycles. The minimum atomic E-state index is -0.932. The molecule has 3 rings (SSSR count). The standard InChI is InChI=1S/C26H33ClFN3O5S/c1-5-17(13-32)29-23(33)18-10-21-22(11-19(18)28)37-14-20(30-25(35)36-26(2,3)4)24(34)31(21)12-15-6-8-16(27)9-7-15/h6,8-11,15,17,20,32H,5,7,12-14H2,1-4H3,(H,29,33)(H,30,35)/t15?,17?,20-/m0/s1. The molecular weight excluding hydrogens is 521 g/mol. The predicted molar refractivity (Wildman–Crippen MR) is 142 cm³/mol. The number of anilines is 1. The zero-order valence-corrected chi connectivity index (χ0v) is 22.9. The van der Waals surface area contributed by atoms with Gasteiger partial charge in [-0.1, -0.05) is 30.7 Å². The number of benzene rings is 1. The van der Waals surface area contributed by atoms with Gasteiger partial charge >= 0.3 is 6.09 Å². The van der Waals surface area contributed by atoms with Crippen molar-refractivity contribution in [1.29, 1.82) is 0 Å². The van der Waals surface area contributed by atoms with E-state index in [1.807, 2.05) is 12.2 Å². The molecule has 0 aromatic heterocycles. The Bertz CT molecular complexity index is 1100. The van der Waals surface area contributed by atoms with Crippen LogP contribution in [0, 0.1) is 11.7 Å². The first-order chi connectivity index (χ1) is 17.4. The molecule has 202 valence electrons. The fraction of sp³-hybridized carbons (Fsp3) is 0.500. The lowest BCUT2D eigenvalue weighted by Crippen LogP contribution is -2.51. The highest BCUT2D eigenvalue weighted by atomic mass is 35.5. The molecule has 1 aliphatic heterocycles. The third-order valence-corrected chi connectivity index (χ3v) is 7.27. The first-order valence-electron chi connectivity index (χ1n) is 12.1. The van der Waals surface area contributed by atoms with E-state index in [9.17, 15) is 19.5 Å². The fourth-order valence-electron chi connectivity index (χ4n) is 3.89. The summed E-state index contributed by atoms with van der Waals surface area (Å²) in [7, 11) is 0. The first-order valence-corrected chi connectivity index (χ1v) is 13.5. The van der Waals surface area contributed by atoms with Crippen molar-refractivity contribution < 1.29 is 28.6 Å². The number of hydrogen-bond acceptors (Lipinski definition) is 6. The summed E-state index contributed by atoms with van der Waals surface area (Å²) in [5, 5.41) is 15.3. The van der Waals surface area contributed by atoms with Gasteiger partial charge in [-0.2, -0.15) is 0 Å². The van der Waals surface area contributed by atoms with Gasteiger partial charge in [-0.15, -0.1) is 11.8 Å². The molecule has 3 amide bonds. The predicted octanol–water partition coefficient (Wildman–Crippen LogP) is 4.36. The molecule has 1 aromatic rings. The highest BCUT2D eigenvalue weighted by Gasteiger charge is 2.35. The van der Waals surface area contributed by atoms with Gasteiger partial charge in [0.15, 0.2) is 0 Å². The molecule has 8 nitrogen and oxygen atoms in total. The number of aliphatic hydroxyl groups is 1. The highest BCUT2D eigenvalue weighted by Crippen LogP contribution is 2.37. The van der Waals surface area contributed by atoms with E-state index in [0.29, 0.717) is 28.5 Å². The number of amides is 3. The molecule has 37 heavy (non-hydrogen) atoms. The summed E-state index contributed by atoms with van der Waals surface area (Å²) in [6.45, 7) is 6.92. The molecule has 3 atom stereocenters. The van der Waals surface area contributed by atoms with Gasteiger partial charge in [0.1, 0.15) is 17.5 Å². The monoisotopic (exact) mass is 553 g/mol. The molecule has 0 saturated heterocycles. The Morgan fingerprint density at radius 3 is 2.68 bits per heavy atom. The van der Waals surface area contributed by atoms with Gasteiger partial charge in [-0.05, 0) is 57.7 Å². The Hall–Kier alpha value is -2.56. The second-order valence-electron chi connectivity index (χ2n) is 9.96. The van der Waals surface area contributed by atoms with E-state index >= 15 is 4.39 Å². The van der Waals surface area contributed by atoms with Gasteiger partial charge in [-0.3, -0.25) is 9.59 Å². The summed E-state index contributed by atoms with van der Waals surface area (Å²) in [6.07, 6.45) is 5.84. The number of thioether (sulfide) groups is 1. The molecule has 0 radical (unpaired) electrons. The van der Waals surface area contributed by atoms with Gasteiger partial charge in [0.05, 0.1) is 23.9 Å². The number of allylic oxidation sites excluding steroid dienone is 3. The smallest absolute Gasteiger partial charge is 0.408 e. The highest BCUT2D eigenvalue weighted by molar-refractivity contribution is 7.99. The van der Waals surface area contributed by atoms with Crippen LogP contribution in [0.15, 0.2) is 40.3 Å². The summed E-state index contributed by atoms with van der Waals surface area (Å²) in [5.41, 5.74) is -0.603. The van der Waals surface area contributed by atoms with Gasteiger partial charge < -0.3 is 25.4 Å². The number of hydrogen-bond donors (Lipinski definition) is 3. The summed E-state index contributed by atoms with van der Waals surface area (Å²) < 4.78 is 20.4. The van der Waals surface area contributed by atoms with Crippen LogP contribution in [0.4, 0.5) is 14.9 Å². The average Bonchev–Trinajstić information content (AvgIpc) is 2.94. The Balaban J connectivity index is 1.96. The number of carbonyl (C=O) groups excluding carboxylic acids is 3. The fourth-order valence-corrected chi connectivity index (χ4v) is 5.12. The molecule has 2 aliphatic rings. The molecule has 11 heteroatoms. The lowest BCUT2D eigenvalue weighted by atomic mass is 9.99. The van der Waals surface area contributed by atoms with Crippen LogP contribution in [0.3, 0.4) is 0 Å². The number of rotatable bonds is 7. The molecule has 0 fully saturated rings. The molecule has 0 saturated carbocycles. The van der Waals surface area contributed by atoms with Crippen molar-refractivity contribution in [3.8, 4) is 0 Å². The molecule has 0 spiro atoms. The van der Waals surface area contributed by atoms with E-state index < -0.39 is 41.4 Å². The van der Waals surface area contributed by atoms with Crippen LogP contribution in [0.1, 0.15) is 50.9 Å². The molecule has 1 aliphatic carbocycles. The molecule has 3 N–H and O–H groups in total. The largest absolute Gasteiger partial charge is 0.444 e. The lowest BCUT2D eigenvalue weighted by Gasteiger charge is -2.30. The first kappa shape index (κ1) is 29.0. The third kappa shape index (κ3) is 7.72. The zero-order valence-electron chi connectivity index (χ0n) is 21.3. The Morgan fingerprint density at radius 1 is 1.35 bits per heavy atom. The van der Waals surface area contributed by atoms with Crippen molar-refractivity contribution in [3.05, 3.63) is 46.8 Å². The second-order valence-corrected chi connectivity index (χ2v) is 11.5. The minimum Gasteiger partial charge on any atom is -0.444 e. The summed E-state index contributed by atoms with van der Waals surface area (Å²) in [5.74, 6) is -1.74. The number of ether oxygens (including phenoxy) is 1. The van der Waals surface area contributed by atoms with Crippen LogP contribution in [0.25, 0.3) is 0 Å². The van der Waals surface area contributed by atoms with Crippen LogP contribution in [-0.4, -0.2) is 59.6 Å². The van der Waals surface area contributed by atoms with E-state index in [4.69, 9.17) is 16.3 Å². The van der Waals surface area contributed by atoms with Crippen LogP contribution in [-0.2, 0) is 9.53 Å². The Morgan fingerprint density at radius 2 is 2.08 bits per heavy atom. The van der Waals surface area contributed by atoms with Crippen molar-refractivity contribution >= 4 is 47.0 Å². The van der Waals surface area contributed by atoms with Gasteiger partial charge in [0.25, 0.3) is 11.8 Å². The summed E-state index contributed by atoms with van der Waals surface area (Å²) >= 11 is 7.27. The van der Waals surface area contributed by atoms with Crippen LogP contribution >= 0.6 is 23.4 Å². The van der Waals surface area contributed by atoms with Gasteiger partial charge in [0.2, 0.25) is 0 Å². The second kappa shape index (κ2) is 12.3. The normalized spacial score (nSPS) is 20.5. The Labute approximate surface area is 225 Å². The maximum absolute atomic E-state index is 15.1. The number of carbonyl (C=O) groups is 3. The number of nitrogens with one attached hydrogen (secondary N) is 2. The number of fused-ring (bicyclic) bond motifs is 1. The molecule has 1 aromatic carbocycles. The van der Waals surface area contributed by atoms with Crippen LogP contribution < -0.4 is 15.5 Å². The van der Waals surface area contributed by atoms with E-state index in [2.05, 4.69) is 10.6 Å². The average molecular weight is 554 g/mol. The molecule has 0 bridgehead atoms. The maximum atomic E-state index is 15.1. The minimum absolute atomic E-state index is 0.0780. The third-order valence-electron chi connectivity index (χ3n) is 5.85. The van der Waals surface area contributed by atoms with E-state index in [1.165, 1.54) is 28.8 Å². The van der Waals surface area contributed by atoms with E-state index in [1.54, 1.807) is 33.8 Å². The van der Waals surface area contributed by atoms with Crippen molar-refractivity contribution in [2.45, 2.75) is 63.1 Å². The SMILES string of the molecule is CCC(CO)NC(=O)c1cc2c(cc1F)SC[C@H](NC(=O)OC(C)(C)C)C(=O)N2CC1C=CC(Cl)=CC1. The van der Waals surface area contributed by atoms with Crippen molar-refractivity contribution in [3.63, 3.8) is 0 Å². The summed E-state index contributed by atoms with van der Waals surface area (Å²) in [6, 6.07) is 1.14. The van der Waals surface area contributed by atoms with Gasteiger partial charge in [0, 0.05) is 22.2 Å². The van der Waals surface area contributed by atoms with Crippen molar-refractivity contribution in [1.82, 2.24) is 10.6 Å². The Kier molecular flexibility index (Phi) is 9.66. The topological polar surface area (TPSA) is 108 Å². The van der Waals surface area contributed by atoms with Crippen molar-refractivity contribution in [2.75, 3.05) is 23.8 Å². The lowest BCUT2D eigenvalue weighted by molar-refractivity contribution is -0.120. The molecule has 2 unspecified atom stereocenters. The number of aliphatic hydroxyl groups excluding tert-OH is 1. The maximum Gasteiger partial charge on any atom is 0.408 e. The van der Waals surface area contributed by atoms with Crippen molar-refractivity contribution in [2.24, 2.45) is 5.92 Å². The van der Waals surface area contributed by atoms with E-state index in [-0.39, 0.29) is 30.4 Å². The zero-order chi connectivity index (χ0) is 27.3. The number of alkyl carbamates (subject to hydrolysis) is 1. The quantitative estimate of drug-likeness (QED) is 0.463. The number of halogens is 2.